The van der Waals surface area contributed by atoms with Crippen molar-refractivity contribution in [2.75, 3.05) is 0 Å². The zero-order chi connectivity index (χ0) is 100. The first kappa shape index (κ1) is 125. The van der Waals surface area contributed by atoms with E-state index in [9.17, 15) is 0 Å². The van der Waals surface area contributed by atoms with Crippen molar-refractivity contribution in [1.29, 1.82) is 0 Å². The molecule has 736 valence electrons. The first-order valence-corrected chi connectivity index (χ1v) is 50.4. The molecule has 0 N–H and O–H groups in total. The van der Waals surface area contributed by atoms with E-state index in [1.807, 2.05) is 35.8 Å². The normalized spacial score (nSPS) is 12.1. The molecule has 5 rings (SSSR count). The van der Waals surface area contributed by atoms with Gasteiger partial charge in [0.15, 0.2) is 0 Å². The van der Waals surface area contributed by atoms with Crippen LogP contribution < -0.4 is 0 Å². The highest BCUT2D eigenvalue weighted by molar-refractivity contribution is 5.14. The van der Waals surface area contributed by atoms with Gasteiger partial charge in [-0.15, -0.1) is 50.8 Å². The van der Waals surface area contributed by atoms with Crippen molar-refractivity contribution in [3.05, 3.63) is 71.6 Å². The molecule has 0 saturated carbocycles. The van der Waals surface area contributed by atoms with Gasteiger partial charge in [0.1, 0.15) is 6.54 Å². The van der Waals surface area contributed by atoms with E-state index in [0.29, 0.717) is 28.2 Å². The van der Waals surface area contributed by atoms with Crippen molar-refractivity contribution in [3.8, 4) is 82.9 Å². The van der Waals surface area contributed by atoms with Gasteiger partial charge < -0.3 is 0 Å². The molecule has 0 aliphatic carbocycles. The SMILES string of the molecule is CC(C)(C)C#CCCCCCCCC(C)(C)C.CC(C)(C)C#CCCCCCCCCC(C)(C)C.CC(C)(C)C#CCCCCCn1cc(CC(C)(C)C)nn1.CC(C)(C)C#CCCCCn1cc(CC(C)(C)C)nn1.CC(C)(C)C#CCCCn1cc(CC(C)(C)C)nn1.CC(C)(C)C#CCCn1cc(CC(C)(C)C)cn1.CC(C)(C)C#CCn1cc(CC(C)(C)C)cn1. The number of aromatic nitrogens is 13. The molecule has 130 heavy (non-hydrogen) atoms. The number of rotatable bonds is 33. The van der Waals surface area contributed by atoms with Crippen LogP contribution in [0.1, 0.15) is 480 Å². The lowest BCUT2D eigenvalue weighted by atomic mass is 9.89. The molecule has 5 aromatic heterocycles. The summed E-state index contributed by atoms with van der Waals surface area (Å²) in [6.07, 6.45) is 49.9. The zero-order valence-electron chi connectivity index (χ0n) is 93.1. The molecule has 0 aromatic carbocycles. The summed E-state index contributed by atoms with van der Waals surface area (Å²) in [5.41, 5.74) is 9.19. The van der Waals surface area contributed by atoms with Crippen LogP contribution in [0, 0.1) is 159 Å². The first-order chi connectivity index (χ1) is 59.2. The van der Waals surface area contributed by atoms with Crippen molar-refractivity contribution < 1.29 is 0 Å². The molecule has 13 nitrogen and oxygen atoms in total. The summed E-state index contributed by atoms with van der Waals surface area (Å²) < 4.78 is 9.78. The maximum atomic E-state index is 4.38. The fraction of sp³-hybridized carbons (Fsp3) is 0.778. The minimum Gasteiger partial charge on any atom is -0.272 e. The predicted octanol–water partition coefficient (Wildman–Crippen LogP) is 31.7. The largest absolute Gasteiger partial charge is 0.272 e. The van der Waals surface area contributed by atoms with Gasteiger partial charge in [-0.3, -0.25) is 23.4 Å². The van der Waals surface area contributed by atoms with E-state index >= 15 is 0 Å². The molecule has 5 heterocycles. The van der Waals surface area contributed by atoms with Crippen molar-refractivity contribution in [1.82, 2.24) is 64.5 Å². The Morgan fingerprint density at radius 3 is 0.731 bits per heavy atom. The van der Waals surface area contributed by atoms with E-state index in [2.05, 4.69) is 446 Å². The molecule has 0 amide bonds. The van der Waals surface area contributed by atoms with Gasteiger partial charge >= 0.3 is 0 Å². The average molecular weight is 1790 g/mol. The van der Waals surface area contributed by atoms with Gasteiger partial charge in [-0.25, -0.2) is 0 Å². The molecule has 0 aliphatic heterocycles. The third kappa shape index (κ3) is 92.6. The van der Waals surface area contributed by atoms with Gasteiger partial charge in [0.25, 0.3) is 0 Å². The Hall–Kier alpha value is -7.24. The second kappa shape index (κ2) is 60.9. The van der Waals surface area contributed by atoms with Gasteiger partial charge in [0.2, 0.25) is 0 Å². The Balaban J connectivity index is 0. The van der Waals surface area contributed by atoms with Crippen molar-refractivity contribution >= 4 is 0 Å². The number of hydrogen-bond acceptors (Lipinski definition) is 8. The first-order valence-electron chi connectivity index (χ1n) is 50.4. The molecule has 13 heteroatoms. The molecule has 0 bridgehead atoms. The lowest BCUT2D eigenvalue weighted by molar-refractivity contribution is 0.356. The summed E-state index contributed by atoms with van der Waals surface area (Å²) >= 11 is 0. The molecular formula is C117H203N13. The molecule has 0 aliphatic rings. The summed E-state index contributed by atoms with van der Waals surface area (Å²) in [6.45, 7) is 96.9. The van der Waals surface area contributed by atoms with Crippen molar-refractivity contribution in [2.24, 2.45) is 75.8 Å². The lowest BCUT2D eigenvalue weighted by Crippen LogP contribution is -2.09. The van der Waals surface area contributed by atoms with Crippen LogP contribution in [0.3, 0.4) is 0 Å². The fourth-order valence-electron chi connectivity index (χ4n) is 12.6. The molecule has 0 unspecified atom stereocenters. The maximum absolute atomic E-state index is 4.38. The van der Waals surface area contributed by atoms with Crippen LogP contribution in [0.2, 0.25) is 0 Å². The van der Waals surface area contributed by atoms with Gasteiger partial charge in [-0.2, -0.15) is 10.2 Å². The number of unbranched alkanes of at least 4 members (excludes halogenated alkanes) is 17. The van der Waals surface area contributed by atoms with E-state index in [-0.39, 0.29) is 54.1 Å². The van der Waals surface area contributed by atoms with Crippen LogP contribution >= 0.6 is 0 Å². The Kier molecular flexibility index (Phi) is 58.5. The summed E-state index contributed by atoms with van der Waals surface area (Å²) in [5, 5.41) is 34.0. The van der Waals surface area contributed by atoms with Crippen LogP contribution in [0.5, 0.6) is 0 Å². The predicted molar refractivity (Wildman–Crippen MR) is 565 cm³/mol. The maximum Gasteiger partial charge on any atom is 0.102 e. The Morgan fingerprint density at radius 2 is 0.438 bits per heavy atom. The topological polar surface area (TPSA) is 128 Å². The van der Waals surface area contributed by atoms with Gasteiger partial charge in [0, 0.05) is 127 Å². The monoisotopic (exact) mass is 1790 g/mol. The summed E-state index contributed by atoms with van der Waals surface area (Å²) in [7, 11) is 0. The number of nitrogens with zero attached hydrogens (tertiary/aromatic N) is 13. The Bertz CT molecular complexity index is 4260. The minimum absolute atomic E-state index is 0.0708. The lowest BCUT2D eigenvalue weighted by Gasteiger charge is -2.17. The van der Waals surface area contributed by atoms with Crippen molar-refractivity contribution in [3.63, 3.8) is 0 Å². The molecule has 0 radical (unpaired) electrons. The Labute approximate surface area is 806 Å². The standard InChI is InChI=1S/C18H31N3.C18H34.C17H29N3.C17H32.C16H27N3.C16H26N2.C15H24N2/c1-17(2,3)12-10-8-7-9-11-13-21-15-16(19-20-21)14-18(4,5)6;1-17(2,3)15-13-11-9-7-8-10-12-14-16-18(4,5)6;1-16(2,3)11-9-7-8-10-12-20-14-15(18-19-20)13-17(4,5)6;1-16(2,3)14-12-10-8-7-9-11-13-15-17(4,5)6;1-15(2,3)10-8-7-9-11-19-13-14(17-18-19)12-16(4,5)6;1-15(2,3)9-7-8-10-18-13-14(12-17-18)11-16(4,5)6;1-14(2,3)8-7-9-17-12-13(11-16-17)10-15(4,5)6/h15H,7-9,11,13-14H2,1-6H3;7-13,15H2,1-6H3;14H,7-8,10,12-13H2,1-6H3;7-12,14H2,1-6H3;13H,7,9,11-12H2,1-6H3;12-13H,8,10-11H2,1-6H3;11-12H,9-10H2,1-6H3. The minimum atomic E-state index is 0.0708. The highest BCUT2D eigenvalue weighted by Crippen LogP contribution is 2.28. The second-order valence-corrected chi connectivity index (χ2v) is 52.3. The van der Waals surface area contributed by atoms with Crippen LogP contribution in [-0.4, -0.2) is 64.5 Å². The summed E-state index contributed by atoms with van der Waals surface area (Å²) in [4.78, 5) is 0. The van der Waals surface area contributed by atoms with Gasteiger partial charge in [0.05, 0.1) is 36.0 Å². The molecule has 5 aromatic rings. The molecule has 0 atom stereocenters. The Morgan fingerprint density at radius 1 is 0.208 bits per heavy atom. The van der Waals surface area contributed by atoms with Gasteiger partial charge in [-0.05, 0) is 284 Å². The summed E-state index contributed by atoms with van der Waals surface area (Å²) in [5.74, 6) is 45.6. The van der Waals surface area contributed by atoms with Crippen LogP contribution in [0.15, 0.2) is 43.4 Å². The third-order valence-corrected chi connectivity index (χ3v) is 18.2. The van der Waals surface area contributed by atoms with E-state index < -0.39 is 0 Å². The van der Waals surface area contributed by atoms with E-state index in [1.165, 1.54) is 107 Å². The molecular weight excluding hydrogens is 1590 g/mol. The molecule has 0 saturated heterocycles. The van der Waals surface area contributed by atoms with E-state index in [1.54, 1.807) is 0 Å². The van der Waals surface area contributed by atoms with E-state index in [0.717, 1.165) is 140 Å². The van der Waals surface area contributed by atoms with Crippen LogP contribution in [-0.2, 0) is 64.8 Å². The highest BCUT2D eigenvalue weighted by Gasteiger charge is 2.20. The quantitative estimate of drug-likeness (QED) is 0.0300. The number of hydrogen-bond donors (Lipinski definition) is 0. The molecule has 0 fully saturated rings. The molecule has 0 spiro atoms. The van der Waals surface area contributed by atoms with E-state index in [4.69, 9.17) is 0 Å². The average Bonchev–Trinajstić information content (AvgIpc) is 1.77. The highest BCUT2D eigenvalue weighted by atomic mass is 15.4. The van der Waals surface area contributed by atoms with Crippen LogP contribution in [0.25, 0.3) is 0 Å². The van der Waals surface area contributed by atoms with Gasteiger partial charge in [-0.1, -0.05) is 273 Å². The van der Waals surface area contributed by atoms with Crippen LogP contribution in [0.4, 0.5) is 0 Å². The fourth-order valence-corrected chi connectivity index (χ4v) is 12.6. The number of aryl methyl sites for hydroxylation is 4. The second-order valence-electron chi connectivity index (χ2n) is 52.3. The summed E-state index contributed by atoms with van der Waals surface area (Å²) in [6, 6.07) is 0. The third-order valence-electron chi connectivity index (χ3n) is 18.2. The van der Waals surface area contributed by atoms with Crippen molar-refractivity contribution in [2.45, 2.75) is 516 Å². The smallest absolute Gasteiger partial charge is 0.102 e. The zero-order valence-corrected chi connectivity index (χ0v) is 93.1.